The largest absolute Gasteiger partial charge is 0.478 e. The van der Waals surface area contributed by atoms with Gasteiger partial charge in [0.2, 0.25) is 0 Å². The highest BCUT2D eigenvalue weighted by Gasteiger charge is 2.14. The minimum absolute atomic E-state index is 0.286. The van der Waals surface area contributed by atoms with Crippen molar-refractivity contribution < 1.29 is 9.90 Å². The van der Waals surface area contributed by atoms with Gasteiger partial charge in [0.1, 0.15) is 0 Å². The van der Waals surface area contributed by atoms with Gasteiger partial charge in [-0.3, -0.25) is 0 Å². The molecule has 1 N–H and O–H groups in total. The molecule has 2 aromatic carbocycles. The molecule has 0 amide bonds. The van der Waals surface area contributed by atoms with E-state index in [1.165, 1.54) is 0 Å². The van der Waals surface area contributed by atoms with Gasteiger partial charge in [-0.1, -0.05) is 23.8 Å². The molecule has 0 aliphatic carbocycles. The summed E-state index contributed by atoms with van der Waals surface area (Å²) in [6, 6.07) is 14.8. The molecular formula is C17H16N2O2. The van der Waals surface area contributed by atoms with E-state index in [0.29, 0.717) is 17.8 Å². The highest BCUT2D eigenvalue weighted by molar-refractivity contribution is 5.94. The molecule has 0 radical (unpaired) electrons. The molecule has 0 spiro atoms. The normalized spacial score (nSPS) is 9.95. The molecule has 4 nitrogen and oxygen atoms in total. The maximum Gasteiger partial charge on any atom is 0.337 e. The summed E-state index contributed by atoms with van der Waals surface area (Å²) in [5, 5.41) is 18.2. The molecule has 4 heteroatoms. The smallest absolute Gasteiger partial charge is 0.337 e. The van der Waals surface area contributed by atoms with Gasteiger partial charge in [-0.25, -0.2) is 4.79 Å². The highest BCUT2D eigenvalue weighted by atomic mass is 16.4. The number of benzene rings is 2. The Hall–Kier alpha value is -2.80. The minimum atomic E-state index is -0.939. The van der Waals surface area contributed by atoms with Gasteiger partial charge in [0.15, 0.2) is 0 Å². The standard InChI is InChI=1S/C17H16N2O2/c1-12-6-7-16(15(8-12)17(20)21)19(2)11-14-5-3-4-13(9-14)10-18/h3-9H,11H2,1-2H3,(H,20,21). The Morgan fingerprint density at radius 3 is 2.71 bits per heavy atom. The lowest BCUT2D eigenvalue weighted by Gasteiger charge is -2.21. The van der Waals surface area contributed by atoms with Crippen LogP contribution >= 0.6 is 0 Å². The zero-order valence-electron chi connectivity index (χ0n) is 12.0. The lowest BCUT2D eigenvalue weighted by molar-refractivity contribution is 0.0697. The molecule has 0 aliphatic heterocycles. The number of nitriles is 1. The summed E-state index contributed by atoms with van der Waals surface area (Å²) in [6.45, 7) is 2.41. The van der Waals surface area contributed by atoms with Gasteiger partial charge in [-0.2, -0.15) is 5.26 Å². The maximum atomic E-state index is 11.4. The fraction of sp³-hybridized carbons (Fsp3) is 0.176. The monoisotopic (exact) mass is 280 g/mol. The quantitative estimate of drug-likeness (QED) is 0.934. The Bertz CT molecular complexity index is 717. The summed E-state index contributed by atoms with van der Waals surface area (Å²) in [4.78, 5) is 13.2. The second kappa shape index (κ2) is 6.10. The molecule has 0 atom stereocenters. The third kappa shape index (κ3) is 3.40. The number of aryl methyl sites for hydroxylation is 1. The molecule has 0 heterocycles. The van der Waals surface area contributed by atoms with Crippen LogP contribution in [0.2, 0.25) is 0 Å². The van der Waals surface area contributed by atoms with Crippen molar-refractivity contribution in [3.63, 3.8) is 0 Å². The van der Waals surface area contributed by atoms with Gasteiger partial charge < -0.3 is 10.0 Å². The van der Waals surface area contributed by atoms with E-state index < -0.39 is 5.97 Å². The van der Waals surface area contributed by atoms with E-state index in [2.05, 4.69) is 6.07 Å². The number of rotatable bonds is 4. The van der Waals surface area contributed by atoms with Gasteiger partial charge in [-0.15, -0.1) is 0 Å². The summed E-state index contributed by atoms with van der Waals surface area (Å²) in [6.07, 6.45) is 0. The summed E-state index contributed by atoms with van der Waals surface area (Å²) in [5.41, 5.74) is 3.43. The highest BCUT2D eigenvalue weighted by Crippen LogP contribution is 2.23. The average Bonchev–Trinajstić information content (AvgIpc) is 2.47. The van der Waals surface area contributed by atoms with Crippen molar-refractivity contribution in [2.75, 3.05) is 11.9 Å². The second-order valence-electron chi connectivity index (χ2n) is 4.99. The molecule has 0 fully saturated rings. The second-order valence-corrected chi connectivity index (χ2v) is 4.99. The Morgan fingerprint density at radius 1 is 1.29 bits per heavy atom. The number of carboxylic acids is 1. The molecule has 0 unspecified atom stereocenters. The number of hydrogen-bond donors (Lipinski definition) is 1. The Labute approximate surface area is 123 Å². The van der Waals surface area contributed by atoms with Gasteiger partial charge in [0.05, 0.1) is 22.9 Å². The van der Waals surface area contributed by atoms with E-state index in [9.17, 15) is 9.90 Å². The van der Waals surface area contributed by atoms with Crippen LogP contribution in [0.5, 0.6) is 0 Å². The van der Waals surface area contributed by atoms with Crippen LogP contribution < -0.4 is 4.90 Å². The summed E-state index contributed by atoms with van der Waals surface area (Å²) < 4.78 is 0. The van der Waals surface area contributed by atoms with Crippen molar-refractivity contribution >= 4 is 11.7 Å². The van der Waals surface area contributed by atoms with Crippen molar-refractivity contribution in [3.8, 4) is 6.07 Å². The third-order valence-electron chi connectivity index (χ3n) is 3.27. The first-order chi connectivity index (χ1) is 10.0. The number of carboxylic acid groups (broad SMARTS) is 1. The van der Waals surface area contributed by atoms with Crippen LogP contribution in [0.15, 0.2) is 42.5 Å². The fourth-order valence-corrected chi connectivity index (χ4v) is 2.25. The van der Waals surface area contributed by atoms with E-state index in [4.69, 9.17) is 5.26 Å². The molecular weight excluding hydrogens is 264 g/mol. The first kappa shape index (κ1) is 14.6. The van der Waals surface area contributed by atoms with Gasteiger partial charge in [0.25, 0.3) is 0 Å². The van der Waals surface area contributed by atoms with Gasteiger partial charge in [-0.05, 0) is 36.8 Å². The Kier molecular flexibility index (Phi) is 4.24. The lowest BCUT2D eigenvalue weighted by atomic mass is 10.1. The lowest BCUT2D eigenvalue weighted by Crippen LogP contribution is -2.19. The molecule has 0 saturated carbocycles. The van der Waals surface area contributed by atoms with Crippen molar-refractivity contribution in [1.82, 2.24) is 0 Å². The number of aromatic carboxylic acids is 1. The average molecular weight is 280 g/mol. The van der Waals surface area contributed by atoms with Crippen LogP contribution in [0.3, 0.4) is 0 Å². The van der Waals surface area contributed by atoms with Crippen LogP contribution in [0.1, 0.15) is 27.0 Å². The molecule has 0 aromatic heterocycles. The number of carbonyl (C=O) groups is 1. The van der Waals surface area contributed by atoms with Crippen LogP contribution in [-0.4, -0.2) is 18.1 Å². The Morgan fingerprint density at radius 2 is 2.05 bits per heavy atom. The van der Waals surface area contributed by atoms with Crippen molar-refractivity contribution in [3.05, 3.63) is 64.7 Å². The summed E-state index contributed by atoms with van der Waals surface area (Å²) in [5.74, 6) is -0.939. The summed E-state index contributed by atoms with van der Waals surface area (Å²) in [7, 11) is 1.84. The molecule has 0 saturated heterocycles. The van der Waals surface area contributed by atoms with Crippen LogP contribution in [0.25, 0.3) is 0 Å². The van der Waals surface area contributed by atoms with E-state index in [1.54, 1.807) is 12.1 Å². The van der Waals surface area contributed by atoms with E-state index in [1.807, 2.05) is 49.2 Å². The van der Waals surface area contributed by atoms with Crippen LogP contribution in [-0.2, 0) is 6.54 Å². The predicted octanol–water partition coefficient (Wildman–Crippen LogP) is 3.20. The van der Waals surface area contributed by atoms with E-state index in [0.717, 1.165) is 11.1 Å². The summed E-state index contributed by atoms with van der Waals surface area (Å²) >= 11 is 0. The Balaban J connectivity index is 2.30. The van der Waals surface area contributed by atoms with Crippen molar-refractivity contribution in [1.29, 1.82) is 5.26 Å². The van der Waals surface area contributed by atoms with Gasteiger partial charge in [0, 0.05) is 13.6 Å². The fourth-order valence-electron chi connectivity index (χ4n) is 2.25. The number of nitrogens with zero attached hydrogens (tertiary/aromatic N) is 2. The molecule has 0 aliphatic rings. The first-order valence-electron chi connectivity index (χ1n) is 6.55. The minimum Gasteiger partial charge on any atom is -0.478 e. The molecule has 106 valence electrons. The zero-order valence-corrected chi connectivity index (χ0v) is 12.0. The van der Waals surface area contributed by atoms with E-state index in [-0.39, 0.29) is 5.56 Å². The van der Waals surface area contributed by atoms with Crippen LogP contribution in [0.4, 0.5) is 5.69 Å². The molecule has 21 heavy (non-hydrogen) atoms. The number of anilines is 1. The molecule has 0 bridgehead atoms. The van der Waals surface area contributed by atoms with Crippen molar-refractivity contribution in [2.24, 2.45) is 0 Å². The predicted molar refractivity (Wildman–Crippen MR) is 81.4 cm³/mol. The zero-order chi connectivity index (χ0) is 15.4. The SMILES string of the molecule is Cc1ccc(N(C)Cc2cccc(C#N)c2)c(C(=O)O)c1. The third-order valence-corrected chi connectivity index (χ3v) is 3.27. The van der Waals surface area contributed by atoms with Crippen molar-refractivity contribution in [2.45, 2.75) is 13.5 Å². The number of hydrogen-bond acceptors (Lipinski definition) is 3. The maximum absolute atomic E-state index is 11.4. The van der Waals surface area contributed by atoms with Gasteiger partial charge >= 0.3 is 5.97 Å². The topological polar surface area (TPSA) is 64.3 Å². The molecule has 2 aromatic rings. The van der Waals surface area contributed by atoms with E-state index >= 15 is 0 Å². The van der Waals surface area contributed by atoms with Crippen LogP contribution in [0, 0.1) is 18.3 Å². The first-order valence-corrected chi connectivity index (χ1v) is 6.55. The molecule has 2 rings (SSSR count).